The van der Waals surface area contributed by atoms with Crippen molar-refractivity contribution in [1.29, 1.82) is 10.5 Å². The predicted octanol–water partition coefficient (Wildman–Crippen LogP) is 4.37. The molecule has 0 aromatic heterocycles. The minimum absolute atomic E-state index is 0.00490. The Bertz CT molecular complexity index is 1490. The molecule has 0 spiro atoms. The average Bonchev–Trinajstić information content (AvgIpc) is 2.94. The number of hydrogen-bond donors (Lipinski definition) is 2. The quantitative estimate of drug-likeness (QED) is 0.0847. The van der Waals surface area contributed by atoms with Crippen molar-refractivity contribution in [3.05, 3.63) is 89.7 Å². The van der Waals surface area contributed by atoms with Gasteiger partial charge in [0.25, 0.3) is 11.4 Å². The van der Waals surface area contributed by atoms with Gasteiger partial charge in [0, 0.05) is 46.8 Å². The lowest BCUT2D eigenvalue weighted by Gasteiger charge is -2.12. The summed E-state index contributed by atoms with van der Waals surface area (Å²) in [4.78, 5) is 45.0. The van der Waals surface area contributed by atoms with Gasteiger partial charge in [-0.15, -0.1) is 0 Å². The number of thioether (sulfide) groups is 2. The van der Waals surface area contributed by atoms with E-state index in [1.54, 1.807) is 26.0 Å². The monoisotopic (exact) mass is 610 g/mol. The Morgan fingerprint density at radius 2 is 1.17 bits per heavy atom. The van der Waals surface area contributed by atoms with Crippen molar-refractivity contribution in [2.75, 3.05) is 13.2 Å². The van der Waals surface area contributed by atoms with Crippen LogP contribution in [0.4, 0.5) is 11.4 Å². The van der Waals surface area contributed by atoms with Crippen LogP contribution >= 0.6 is 23.5 Å². The van der Waals surface area contributed by atoms with E-state index in [0.717, 1.165) is 24.3 Å². The maximum Gasteiger partial charge on any atom is 0.332 e. The van der Waals surface area contributed by atoms with Gasteiger partial charge in [-0.25, -0.2) is 9.59 Å². The first-order valence-corrected chi connectivity index (χ1v) is 13.4. The molecule has 14 nitrogen and oxygen atoms in total. The van der Waals surface area contributed by atoms with Crippen molar-refractivity contribution in [2.45, 2.75) is 23.6 Å². The second-order valence-corrected chi connectivity index (χ2v) is 9.65. The van der Waals surface area contributed by atoms with E-state index in [0.29, 0.717) is 23.5 Å². The highest BCUT2D eigenvalue weighted by molar-refractivity contribution is 8.07. The highest BCUT2D eigenvalue weighted by Crippen LogP contribution is 2.45. The van der Waals surface area contributed by atoms with Crippen LogP contribution in [0.15, 0.2) is 68.2 Å². The smallest absolute Gasteiger partial charge is 0.332 e. The van der Waals surface area contributed by atoms with Crippen molar-refractivity contribution in [1.82, 2.24) is 0 Å². The van der Waals surface area contributed by atoms with Crippen molar-refractivity contribution >= 4 is 58.2 Å². The van der Waals surface area contributed by atoms with Crippen LogP contribution in [-0.4, -0.2) is 35.0 Å². The Morgan fingerprint density at radius 1 is 0.810 bits per heavy atom. The third-order valence-electron chi connectivity index (χ3n) is 4.94. The molecule has 0 aliphatic carbocycles. The summed E-state index contributed by atoms with van der Waals surface area (Å²) in [6.07, 6.45) is 1.83. The van der Waals surface area contributed by atoms with Crippen LogP contribution in [-0.2, 0) is 19.1 Å². The summed E-state index contributed by atoms with van der Waals surface area (Å²) in [6.45, 7) is 3.25. The van der Waals surface area contributed by atoms with E-state index in [9.17, 15) is 40.3 Å². The summed E-state index contributed by atoms with van der Waals surface area (Å²) in [7, 11) is 0. The number of allylic oxidation sites excluding steroid dienone is 2. The molecule has 0 radical (unpaired) electrons. The van der Waals surface area contributed by atoms with Crippen LogP contribution in [0.1, 0.15) is 25.0 Å². The second kappa shape index (κ2) is 15.5. The molecule has 2 aromatic rings. The second-order valence-electron chi connectivity index (χ2n) is 7.61. The van der Waals surface area contributed by atoms with Crippen molar-refractivity contribution < 1.29 is 28.9 Å². The summed E-state index contributed by atoms with van der Waals surface area (Å²) in [6, 6.07) is 11.2. The number of nitro groups is 2. The number of esters is 2. The summed E-state index contributed by atoms with van der Waals surface area (Å²) in [5.74, 6) is -1.61. The van der Waals surface area contributed by atoms with E-state index in [1.165, 1.54) is 24.3 Å². The zero-order chi connectivity index (χ0) is 31.4. The number of carbonyl (C=O) groups is 2. The molecule has 0 amide bonds. The molecule has 2 aromatic carbocycles. The highest BCUT2D eigenvalue weighted by Gasteiger charge is 2.26. The molecule has 216 valence electrons. The SMILES string of the molecule is CCOC(=O)/C=C(/N)c1cccc([N+](=O)[O-])c1S/C(C#N)=C(/C#N)Sc1c(/C(N)=C\C(=O)OCC)cccc1[N+](=O)[O-]. The average molecular weight is 611 g/mol. The number of rotatable bonds is 12. The van der Waals surface area contributed by atoms with Crippen LogP contribution in [0, 0.1) is 42.9 Å². The maximum atomic E-state index is 11.9. The predicted molar refractivity (Wildman–Crippen MR) is 154 cm³/mol. The number of nitrogens with zero attached hydrogens (tertiary/aromatic N) is 4. The minimum atomic E-state index is -0.806. The van der Waals surface area contributed by atoms with Crippen molar-refractivity contribution in [2.24, 2.45) is 11.5 Å². The maximum absolute atomic E-state index is 11.9. The Labute approximate surface area is 247 Å². The standard InChI is InChI=1S/C26H22N6O8S2/c1-3-39-23(33)11-17(29)15-7-5-9-19(31(35)36)25(15)41-21(13-27)22(14-28)42-26-16(8-6-10-20(26)32(37)38)18(30)12-24(34)40-4-2/h5-12H,3-4,29-30H2,1-2H3/b17-11+,18-12+,22-21-. The molecule has 0 bridgehead atoms. The number of nitro benzene ring substituents is 2. The Morgan fingerprint density at radius 3 is 1.45 bits per heavy atom. The number of hydrogen-bond acceptors (Lipinski definition) is 14. The number of nitrogens with two attached hydrogens (primary N) is 2. The Hall–Kier alpha value is -5.32. The zero-order valence-corrected chi connectivity index (χ0v) is 23.7. The Balaban J connectivity index is 2.75. The summed E-state index contributed by atoms with van der Waals surface area (Å²) < 4.78 is 9.66. The first-order chi connectivity index (χ1) is 20.0. The van der Waals surface area contributed by atoms with Gasteiger partial charge in [0.05, 0.1) is 23.1 Å². The number of ether oxygens (including phenoxy) is 2. The highest BCUT2D eigenvalue weighted by atomic mass is 32.2. The molecule has 16 heteroatoms. The van der Waals surface area contributed by atoms with Crippen LogP contribution in [0.2, 0.25) is 0 Å². The van der Waals surface area contributed by atoms with E-state index in [2.05, 4.69) is 0 Å². The molecule has 4 N–H and O–H groups in total. The van der Waals surface area contributed by atoms with E-state index in [1.807, 2.05) is 0 Å². The number of nitriles is 2. The van der Waals surface area contributed by atoms with Crippen LogP contribution in [0.3, 0.4) is 0 Å². The molecule has 42 heavy (non-hydrogen) atoms. The Kier molecular flexibility index (Phi) is 12.1. The van der Waals surface area contributed by atoms with Gasteiger partial charge in [0.1, 0.15) is 31.7 Å². The third kappa shape index (κ3) is 8.34. The molecular weight excluding hydrogens is 588 g/mol. The summed E-state index contributed by atoms with van der Waals surface area (Å²) in [5.41, 5.74) is 10.7. The molecule has 0 saturated carbocycles. The largest absolute Gasteiger partial charge is 0.463 e. The van der Waals surface area contributed by atoms with Crippen LogP contribution < -0.4 is 11.5 Å². The van der Waals surface area contributed by atoms with Gasteiger partial charge in [-0.3, -0.25) is 20.2 Å². The van der Waals surface area contributed by atoms with Crippen LogP contribution in [0.25, 0.3) is 11.4 Å². The minimum Gasteiger partial charge on any atom is -0.463 e. The third-order valence-corrected chi connectivity index (χ3v) is 7.34. The molecular formula is C26H22N6O8S2. The van der Waals surface area contributed by atoms with Crippen molar-refractivity contribution in [3.8, 4) is 12.1 Å². The van der Waals surface area contributed by atoms with Gasteiger partial charge >= 0.3 is 11.9 Å². The first-order valence-electron chi connectivity index (χ1n) is 11.7. The zero-order valence-electron chi connectivity index (χ0n) is 22.1. The summed E-state index contributed by atoms with van der Waals surface area (Å²) >= 11 is 1.01. The topological polar surface area (TPSA) is 238 Å². The molecule has 0 saturated heterocycles. The van der Waals surface area contributed by atoms with Gasteiger partial charge in [0.2, 0.25) is 0 Å². The van der Waals surface area contributed by atoms with Gasteiger partial charge in [-0.05, 0) is 13.8 Å². The normalized spacial score (nSPS) is 11.9. The molecule has 0 atom stereocenters. The lowest BCUT2D eigenvalue weighted by molar-refractivity contribution is -0.387. The molecule has 0 fully saturated rings. The lowest BCUT2D eigenvalue weighted by Crippen LogP contribution is -2.07. The number of carbonyl (C=O) groups excluding carboxylic acids is 2. The van der Waals surface area contributed by atoms with E-state index < -0.39 is 33.2 Å². The molecule has 0 aliphatic heterocycles. The fraction of sp³-hybridized carbons (Fsp3) is 0.154. The van der Waals surface area contributed by atoms with Gasteiger partial charge in [-0.2, -0.15) is 10.5 Å². The van der Waals surface area contributed by atoms with E-state index in [-0.39, 0.29) is 55.3 Å². The molecule has 2 rings (SSSR count). The van der Waals surface area contributed by atoms with Gasteiger partial charge in [0.15, 0.2) is 0 Å². The van der Waals surface area contributed by atoms with Crippen molar-refractivity contribution in [3.63, 3.8) is 0 Å². The van der Waals surface area contributed by atoms with E-state index in [4.69, 9.17) is 20.9 Å². The fourth-order valence-electron chi connectivity index (χ4n) is 3.23. The van der Waals surface area contributed by atoms with E-state index >= 15 is 0 Å². The molecule has 0 heterocycles. The molecule has 0 unspecified atom stereocenters. The van der Waals surface area contributed by atoms with Gasteiger partial charge in [-0.1, -0.05) is 47.8 Å². The molecule has 0 aliphatic rings. The lowest BCUT2D eigenvalue weighted by atomic mass is 10.1. The number of benzene rings is 2. The fourth-order valence-corrected chi connectivity index (χ4v) is 5.34. The first kappa shape index (κ1) is 32.9. The van der Waals surface area contributed by atoms with Crippen LogP contribution in [0.5, 0.6) is 0 Å². The van der Waals surface area contributed by atoms with Gasteiger partial charge < -0.3 is 20.9 Å². The summed E-state index contributed by atoms with van der Waals surface area (Å²) in [5, 5.41) is 43.6.